The van der Waals surface area contributed by atoms with Crippen LogP contribution in [-0.4, -0.2) is 35.7 Å². The van der Waals surface area contributed by atoms with Crippen molar-refractivity contribution in [2.24, 2.45) is 5.92 Å². The van der Waals surface area contributed by atoms with Crippen molar-refractivity contribution in [1.29, 1.82) is 0 Å². The van der Waals surface area contributed by atoms with E-state index in [2.05, 4.69) is 25.8 Å². The Morgan fingerprint density at radius 3 is 2.50 bits per heavy atom. The molecule has 2 nitrogen and oxygen atoms in total. The lowest BCUT2D eigenvalue weighted by atomic mass is 9.93. The van der Waals surface area contributed by atoms with Gasteiger partial charge in [0.2, 0.25) is 0 Å². The van der Waals surface area contributed by atoms with E-state index in [0.29, 0.717) is 12.0 Å². The molecule has 3 unspecified atom stereocenters. The Morgan fingerprint density at radius 2 is 2.00 bits per heavy atom. The Balaban J connectivity index is 2.46. The fourth-order valence-electron chi connectivity index (χ4n) is 1.52. The van der Waals surface area contributed by atoms with E-state index < -0.39 is 0 Å². The molecular formula is C8H17NO. The van der Waals surface area contributed by atoms with Crippen LogP contribution in [0.25, 0.3) is 0 Å². The average molecular weight is 143 g/mol. The molecule has 10 heavy (non-hydrogen) atoms. The van der Waals surface area contributed by atoms with Crippen molar-refractivity contribution in [3.8, 4) is 0 Å². The zero-order valence-electron chi connectivity index (χ0n) is 7.04. The molecule has 60 valence electrons. The summed E-state index contributed by atoms with van der Waals surface area (Å²) >= 11 is 0. The fourth-order valence-corrected chi connectivity index (χ4v) is 1.52. The molecule has 0 bridgehead atoms. The molecule has 1 saturated heterocycles. The molecule has 1 aliphatic rings. The van der Waals surface area contributed by atoms with E-state index >= 15 is 0 Å². The zero-order valence-corrected chi connectivity index (χ0v) is 7.04. The standard InChI is InChI=1S/C8H17NO/c1-6-5-9(3)7(2)4-8(6)10/h6-8,10H,4-5H2,1-3H3. The maximum atomic E-state index is 9.44. The van der Waals surface area contributed by atoms with Crippen LogP contribution in [0.3, 0.4) is 0 Å². The molecule has 1 heterocycles. The van der Waals surface area contributed by atoms with Crippen LogP contribution in [0.4, 0.5) is 0 Å². The third-order valence-corrected chi connectivity index (χ3v) is 2.57. The van der Waals surface area contributed by atoms with Gasteiger partial charge in [-0.15, -0.1) is 0 Å². The highest BCUT2D eigenvalue weighted by Gasteiger charge is 2.26. The van der Waals surface area contributed by atoms with Gasteiger partial charge >= 0.3 is 0 Å². The summed E-state index contributed by atoms with van der Waals surface area (Å²) in [4.78, 5) is 2.30. The van der Waals surface area contributed by atoms with Gasteiger partial charge < -0.3 is 10.0 Å². The number of hydrogen-bond acceptors (Lipinski definition) is 2. The first-order valence-corrected chi connectivity index (χ1v) is 3.99. The van der Waals surface area contributed by atoms with E-state index in [1.54, 1.807) is 0 Å². The van der Waals surface area contributed by atoms with Crippen molar-refractivity contribution >= 4 is 0 Å². The third-order valence-electron chi connectivity index (χ3n) is 2.57. The number of aliphatic hydroxyl groups is 1. The summed E-state index contributed by atoms with van der Waals surface area (Å²) in [7, 11) is 2.12. The predicted molar refractivity (Wildman–Crippen MR) is 41.9 cm³/mol. The minimum atomic E-state index is -0.0776. The Morgan fingerprint density at radius 1 is 1.40 bits per heavy atom. The van der Waals surface area contributed by atoms with Gasteiger partial charge in [0.25, 0.3) is 0 Å². The Bertz CT molecular complexity index is 89.8. The van der Waals surface area contributed by atoms with Crippen molar-refractivity contribution < 1.29 is 5.11 Å². The third kappa shape index (κ3) is 1.50. The molecule has 0 aromatic heterocycles. The van der Waals surface area contributed by atoms with Crippen LogP contribution >= 0.6 is 0 Å². The number of rotatable bonds is 0. The first-order chi connectivity index (χ1) is 4.61. The van der Waals surface area contributed by atoms with Gasteiger partial charge in [-0.3, -0.25) is 0 Å². The SMILES string of the molecule is CC1CN(C)C(C)CC1O. The molecule has 0 amide bonds. The lowest BCUT2D eigenvalue weighted by Gasteiger charge is -2.37. The smallest absolute Gasteiger partial charge is 0.0592 e. The van der Waals surface area contributed by atoms with Gasteiger partial charge in [0.15, 0.2) is 0 Å². The lowest BCUT2D eigenvalue weighted by molar-refractivity contribution is 0.0175. The minimum Gasteiger partial charge on any atom is -0.393 e. The Hall–Kier alpha value is -0.0800. The Labute approximate surface area is 62.8 Å². The van der Waals surface area contributed by atoms with Crippen LogP contribution in [0.15, 0.2) is 0 Å². The average Bonchev–Trinajstić information content (AvgIpc) is 1.84. The second-order valence-electron chi connectivity index (χ2n) is 3.57. The van der Waals surface area contributed by atoms with Gasteiger partial charge in [0.1, 0.15) is 0 Å². The summed E-state index contributed by atoms with van der Waals surface area (Å²) < 4.78 is 0. The highest BCUT2D eigenvalue weighted by Crippen LogP contribution is 2.19. The summed E-state index contributed by atoms with van der Waals surface area (Å²) in [5.74, 6) is 0.446. The topological polar surface area (TPSA) is 23.5 Å². The number of likely N-dealkylation sites (tertiary alicyclic amines) is 1. The second-order valence-corrected chi connectivity index (χ2v) is 3.57. The van der Waals surface area contributed by atoms with Crippen LogP contribution in [0, 0.1) is 5.92 Å². The van der Waals surface area contributed by atoms with Crippen LogP contribution in [0.2, 0.25) is 0 Å². The monoisotopic (exact) mass is 143 g/mol. The highest BCUT2D eigenvalue weighted by atomic mass is 16.3. The summed E-state index contributed by atoms with van der Waals surface area (Å²) in [6.45, 7) is 5.30. The van der Waals surface area contributed by atoms with Gasteiger partial charge in [-0.2, -0.15) is 0 Å². The van der Waals surface area contributed by atoms with E-state index in [0.717, 1.165) is 13.0 Å². The zero-order chi connectivity index (χ0) is 7.72. The molecule has 0 radical (unpaired) electrons. The van der Waals surface area contributed by atoms with Crippen molar-refractivity contribution in [2.45, 2.75) is 32.4 Å². The first kappa shape index (κ1) is 8.02. The van der Waals surface area contributed by atoms with Gasteiger partial charge in [0.05, 0.1) is 6.10 Å². The molecule has 0 aromatic rings. The van der Waals surface area contributed by atoms with Crippen molar-refractivity contribution in [2.75, 3.05) is 13.6 Å². The Kier molecular flexibility index (Phi) is 2.32. The van der Waals surface area contributed by atoms with Crippen molar-refractivity contribution in [1.82, 2.24) is 4.90 Å². The van der Waals surface area contributed by atoms with Crippen molar-refractivity contribution in [3.63, 3.8) is 0 Å². The van der Waals surface area contributed by atoms with Gasteiger partial charge in [-0.05, 0) is 26.3 Å². The van der Waals surface area contributed by atoms with Crippen LogP contribution in [0.1, 0.15) is 20.3 Å². The minimum absolute atomic E-state index is 0.0776. The van der Waals surface area contributed by atoms with E-state index in [4.69, 9.17) is 0 Å². The first-order valence-electron chi connectivity index (χ1n) is 3.99. The number of nitrogens with zero attached hydrogens (tertiary/aromatic N) is 1. The molecule has 2 heteroatoms. The van der Waals surface area contributed by atoms with E-state index in [1.807, 2.05) is 0 Å². The molecule has 1 rings (SSSR count). The predicted octanol–water partition coefficient (Wildman–Crippen LogP) is 0.707. The van der Waals surface area contributed by atoms with Gasteiger partial charge in [-0.25, -0.2) is 0 Å². The summed E-state index contributed by atoms with van der Waals surface area (Å²) in [6, 6.07) is 0.547. The molecule has 1 fully saturated rings. The van der Waals surface area contributed by atoms with Gasteiger partial charge in [-0.1, -0.05) is 6.92 Å². The van der Waals surface area contributed by atoms with E-state index in [-0.39, 0.29) is 6.10 Å². The molecule has 3 atom stereocenters. The lowest BCUT2D eigenvalue weighted by Crippen LogP contribution is -2.45. The number of hydrogen-bond donors (Lipinski definition) is 1. The normalized spacial score (nSPS) is 43.8. The molecule has 0 spiro atoms. The second kappa shape index (κ2) is 2.89. The maximum Gasteiger partial charge on any atom is 0.0592 e. The largest absolute Gasteiger partial charge is 0.393 e. The van der Waals surface area contributed by atoms with Crippen LogP contribution < -0.4 is 0 Å². The molecule has 0 aliphatic carbocycles. The van der Waals surface area contributed by atoms with Crippen LogP contribution in [0.5, 0.6) is 0 Å². The fraction of sp³-hybridized carbons (Fsp3) is 1.00. The highest BCUT2D eigenvalue weighted by molar-refractivity contribution is 4.80. The molecule has 1 aliphatic heterocycles. The molecular weight excluding hydrogens is 126 g/mol. The van der Waals surface area contributed by atoms with E-state index in [1.165, 1.54) is 0 Å². The number of aliphatic hydroxyl groups excluding tert-OH is 1. The van der Waals surface area contributed by atoms with Crippen molar-refractivity contribution in [3.05, 3.63) is 0 Å². The van der Waals surface area contributed by atoms with E-state index in [9.17, 15) is 5.11 Å². The summed E-state index contributed by atoms with van der Waals surface area (Å²) in [5, 5.41) is 9.44. The maximum absolute atomic E-state index is 9.44. The molecule has 0 aromatic carbocycles. The molecule has 1 N–H and O–H groups in total. The van der Waals surface area contributed by atoms with Crippen LogP contribution in [-0.2, 0) is 0 Å². The van der Waals surface area contributed by atoms with Gasteiger partial charge in [0, 0.05) is 12.6 Å². The number of piperidine rings is 1. The quantitative estimate of drug-likeness (QED) is 0.540. The molecule has 0 saturated carbocycles. The summed E-state index contributed by atoms with van der Waals surface area (Å²) in [6.07, 6.45) is 0.851. The summed E-state index contributed by atoms with van der Waals surface area (Å²) in [5.41, 5.74) is 0.